The predicted molar refractivity (Wildman–Crippen MR) is 134 cm³/mol. The third-order valence-electron chi connectivity index (χ3n) is 5.31. The molecule has 38 heavy (non-hydrogen) atoms. The molecule has 9 nitrogen and oxygen atoms in total. The van der Waals surface area contributed by atoms with E-state index in [0.29, 0.717) is 40.4 Å². The fraction of sp³-hybridized carbons (Fsp3) is 0.200. The van der Waals surface area contributed by atoms with Crippen molar-refractivity contribution in [2.24, 2.45) is 0 Å². The van der Waals surface area contributed by atoms with Crippen LogP contribution in [0, 0.1) is 5.82 Å². The summed E-state index contributed by atoms with van der Waals surface area (Å²) >= 11 is 0. The van der Waals surface area contributed by atoms with Gasteiger partial charge < -0.3 is 21.7 Å². The molecule has 198 valence electrons. The van der Waals surface area contributed by atoms with Crippen LogP contribution in [0.15, 0.2) is 55.0 Å². The zero-order valence-corrected chi connectivity index (χ0v) is 20.4. The molecule has 3 amide bonds. The van der Waals surface area contributed by atoms with Gasteiger partial charge in [0.25, 0.3) is 5.91 Å². The van der Waals surface area contributed by atoms with Crippen LogP contribution in [0.3, 0.4) is 0 Å². The second-order valence-corrected chi connectivity index (χ2v) is 9.41. The zero-order valence-electron chi connectivity index (χ0n) is 20.4. The zero-order chi connectivity index (χ0) is 27.8. The molecular weight excluding hydrogens is 506 g/mol. The van der Waals surface area contributed by atoms with Gasteiger partial charge in [-0.15, -0.1) is 0 Å². The third kappa shape index (κ3) is 5.66. The summed E-state index contributed by atoms with van der Waals surface area (Å²) in [7, 11) is 0. The van der Waals surface area contributed by atoms with Crippen LogP contribution < -0.4 is 21.7 Å². The molecular formula is C25H23F4N7O2. The number of carbonyl (C=O) groups excluding carboxylic acids is 2. The highest BCUT2D eigenvalue weighted by molar-refractivity contribution is 6.07. The number of rotatable bonds is 4. The van der Waals surface area contributed by atoms with Crippen molar-refractivity contribution in [1.82, 2.24) is 19.9 Å². The van der Waals surface area contributed by atoms with Crippen molar-refractivity contribution in [3.05, 3.63) is 71.9 Å². The summed E-state index contributed by atoms with van der Waals surface area (Å²) in [6, 6.07) is 6.99. The Morgan fingerprint density at radius 3 is 2.32 bits per heavy atom. The SMILES string of the molecule is CC(C)(C)NC(=O)c1cn2ncnc(N)c2c1-c1ccc(NC(=O)Nc2cc(C(F)(F)F)ccc2F)cc1. The number of alkyl halides is 3. The van der Waals surface area contributed by atoms with E-state index in [-0.39, 0.29) is 17.4 Å². The number of benzene rings is 2. The number of amides is 3. The second-order valence-electron chi connectivity index (χ2n) is 9.41. The second kappa shape index (κ2) is 9.65. The van der Waals surface area contributed by atoms with E-state index in [2.05, 4.69) is 26.0 Å². The van der Waals surface area contributed by atoms with Crippen molar-refractivity contribution >= 4 is 34.6 Å². The van der Waals surface area contributed by atoms with Gasteiger partial charge in [-0.25, -0.2) is 18.7 Å². The monoisotopic (exact) mass is 529 g/mol. The smallest absolute Gasteiger partial charge is 0.382 e. The minimum absolute atomic E-state index is 0.148. The Morgan fingerprint density at radius 2 is 1.68 bits per heavy atom. The molecule has 0 saturated heterocycles. The Bertz CT molecular complexity index is 1520. The van der Waals surface area contributed by atoms with E-state index in [1.54, 1.807) is 12.1 Å². The number of nitrogens with zero attached hydrogens (tertiary/aromatic N) is 3. The van der Waals surface area contributed by atoms with Crippen LogP contribution in [0.5, 0.6) is 0 Å². The van der Waals surface area contributed by atoms with Crippen molar-refractivity contribution in [2.45, 2.75) is 32.5 Å². The Labute approximate surface area is 214 Å². The van der Waals surface area contributed by atoms with E-state index in [0.717, 1.165) is 0 Å². The normalized spacial score (nSPS) is 11.9. The number of nitrogens with one attached hydrogen (secondary N) is 3. The molecule has 0 aliphatic heterocycles. The topological polar surface area (TPSA) is 126 Å². The summed E-state index contributed by atoms with van der Waals surface area (Å²) in [6.45, 7) is 5.52. The van der Waals surface area contributed by atoms with Gasteiger partial charge in [0.05, 0.1) is 16.8 Å². The lowest BCUT2D eigenvalue weighted by Crippen LogP contribution is -2.40. The number of nitrogen functional groups attached to an aromatic ring is 1. The molecule has 0 spiro atoms. The minimum atomic E-state index is -4.70. The molecule has 4 rings (SSSR count). The summed E-state index contributed by atoms with van der Waals surface area (Å²) in [5.41, 5.74) is 5.82. The molecule has 0 saturated carbocycles. The molecule has 0 aliphatic rings. The Hall–Kier alpha value is -4.68. The largest absolute Gasteiger partial charge is 0.416 e. The number of hydrogen-bond donors (Lipinski definition) is 4. The molecule has 13 heteroatoms. The maximum Gasteiger partial charge on any atom is 0.416 e. The average molecular weight is 529 g/mol. The third-order valence-corrected chi connectivity index (χ3v) is 5.31. The summed E-state index contributed by atoms with van der Waals surface area (Å²) < 4.78 is 54.2. The van der Waals surface area contributed by atoms with Crippen molar-refractivity contribution in [1.29, 1.82) is 0 Å². The van der Waals surface area contributed by atoms with E-state index in [1.165, 1.54) is 29.2 Å². The van der Waals surface area contributed by atoms with E-state index in [1.807, 2.05) is 20.8 Å². The van der Waals surface area contributed by atoms with Crippen LogP contribution in [-0.4, -0.2) is 32.1 Å². The van der Waals surface area contributed by atoms with E-state index >= 15 is 0 Å². The molecule has 0 unspecified atom stereocenters. The first-order valence-corrected chi connectivity index (χ1v) is 11.2. The van der Waals surface area contributed by atoms with Gasteiger partial charge in [0.1, 0.15) is 17.7 Å². The maximum atomic E-state index is 14.0. The Kier molecular flexibility index (Phi) is 6.70. The van der Waals surface area contributed by atoms with Crippen molar-refractivity contribution in [3.63, 3.8) is 0 Å². The lowest BCUT2D eigenvalue weighted by atomic mass is 10.0. The molecule has 0 radical (unpaired) electrons. The Morgan fingerprint density at radius 1 is 1.00 bits per heavy atom. The summed E-state index contributed by atoms with van der Waals surface area (Å²) in [6.07, 6.45) is -1.90. The predicted octanol–water partition coefficient (Wildman–Crippen LogP) is 5.31. The lowest BCUT2D eigenvalue weighted by molar-refractivity contribution is -0.137. The van der Waals surface area contributed by atoms with Gasteiger partial charge in [-0.05, 0) is 56.7 Å². The van der Waals surface area contributed by atoms with Crippen LogP contribution in [0.25, 0.3) is 16.6 Å². The molecule has 2 aromatic heterocycles. The van der Waals surface area contributed by atoms with Crippen LogP contribution in [0.4, 0.5) is 39.5 Å². The van der Waals surface area contributed by atoms with Gasteiger partial charge >= 0.3 is 12.2 Å². The fourth-order valence-corrected chi connectivity index (χ4v) is 3.71. The number of halogens is 4. The highest BCUT2D eigenvalue weighted by Crippen LogP contribution is 2.34. The standard InChI is InChI=1S/C25H23F4N7O2/c1-24(2,3)35-22(37)16-11-36-20(21(30)31-12-32-36)19(16)13-4-7-15(8-5-13)33-23(38)34-18-10-14(25(27,28)29)6-9-17(18)26/h4-12H,1-3H3,(H,35,37)(H2,30,31,32)(H2,33,34,38). The minimum Gasteiger partial charge on any atom is -0.382 e. The van der Waals surface area contributed by atoms with E-state index in [4.69, 9.17) is 5.73 Å². The molecule has 0 atom stereocenters. The van der Waals surface area contributed by atoms with Gasteiger partial charge in [0.2, 0.25) is 0 Å². The first kappa shape index (κ1) is 26.4. The molecule has 4 aromatic rings. The molecule has 5 N–H and O–H groups in total. The molecule has 2 heterocycles. The first-order chi connectivity index (χ1) is 17.7. The molecule has 0 aliphatic carbocycles. The molecule has 2 aromatic carbocycles. The van der Waals surface area contributed by atoms with Gasteiger partial charge in [0, 0.05) is 23.0 Å². The number of anilines is 3. The van der Waals surface area contributed by atoms with Gasteiger partial charge in [-0.1, -0.05) is 12.1 Å². The van der Waals surface area contributed by atoms with Crippen LogP contribution >= 0.6 is 0 Å². The van der Waals surface area contributed by atoms with E-state index in [9.17, 15) is 27.2 Å². The van der Waals surface area contributed by atoms with Gasteiger partial charge in [-0.3, -0.25) is 4.79 Å². The highest BCUT2D eigenvalue weighted by Gasteiger charge is 2.31. The maximum absolute atomic E-state index is 14.0. The lowest BCUT2D eigenvalue weighted by Gasteiger charge is -2.20. The number of aromatic nitrogens is 3. The van der Waals surface area contributed by atoms with Crippen LogP contribution in [-0.2, 0) is 6.18 Å². The van der Waals surface area contributed by atoms with E-state index < -0.39 is 34.8 Å². The number of nitrogens with two attached hydrogens (primary N) is 1. The first-order valence-electron chi connectivity index (χ1n) is 11.2. The van der Waals surface area contributed by atoms with Gasteiger partial charge in [0.15, 0.2) is 5.82 Å². The van der Waals surface area contributed by atoms with Crippen LogP contribution in [0.1, 0.15) is 36.7 Å². The summed E-state index contributed by atoms with van der Waals surface area (Å²) in [5.74, 6) is -1.23. The Balaban J connectivity index is 1.61. The van der Waals surface area contributed by atoms with Crippen molar-refractivity contribution in [3.8, 4) is 11.1 Å². The molecule has 0 bridgehead atoms. The number of urea groups is 1. The average Bonchev–Trinajstić information content (AvgIpc) is 3.20. The number of hydrogen-bond acceptors (Lipinski definition) is 5. The van der Waals surface area contributed by atoms with Crippen molar-refractivity contribution < 1.29 is 27.2 Å². The highest BCUT2D eigenvalue weighted by atomic mass is 19.4. The quantitative estimate of drug-likeness (QED) is 0.267. The summed E-state index contributed by atoms with van der Waals surface area (Å²) in [4.78, 5) is 29.4. The van der Waals surface area contributed by atoms with Gasteiger partial charge in [-0.2, -0.15) is 18.3 Å². The fourth-order valence-electron chi connectivity index (χ4n) is 3.71. The van der Waals surface area contributed by atoms with Crippen LogP contribution in [0.2, 0.25) is 0 Å². The number of fused-ring (bicyclic) bond motifs is 1. The van der Waals surface area contributed by atoms with Crippen molar-refractivity contribution in [2.75, 3.05) is 16.4 Å². The summed E-state index contributed by atoms with van der Waals surface area (Å²) in [5, 5.41) is 11.5. The number of carbonyl (C=O) groups is 2. The molecule has 0 fully saturated rings.